The van der Waals surface area contributed by atoms with Crippen molar-refractivity contribution in [2.45, 2.75) is 24.2 Å². The smallest absolute Gasteiger partial charge is 0.283 e. The van der Waals surface area contributed by atoms with Crippen molar-refractivity contribution in [2.75, 3.05) is 18.8 Å². The van der Waals surface area contributed by atoms with E-state index in [0.29, 0.717) is 18.0 Å². The van der Waals surface area contributed by atoms with Crippen LogP contribution in [0.5, 0.6) is 0 Å². The van der Waals surface area contributed by atoms with Crippen LogP contribution in [0.1, 0.15) is 18.5 Å². The van der Waals surface area contributed by atoms with Gasteiger partial charge in [-0.2, -0.15) is 12.5 Å². The molecular formula is C15H21ClN4O2S. The molecule has 2 heterocycles. The zero-order chi connectivity index (χ0) is 15.6. The van der Waals surface area contributed by atoms with E-state index in [0.717, 1.165) is 30.0 Å². The molecule has 126 valence electrons. The van der Waals surface area contributed by atoms with Gasteiger partial charge in [0, 0.05) is 6.07 Å². The second-order valence-corrected chi connectivity index (χ2v) is 7.39. The monoisotopic (exact) mass is 356 g/mol. The van der Waals surface area contributed by atoms with Crippen molar-refractivity contribution in [3.8, 4) is 0 Å². The summed E-state index contributed by atoms with van der Waals surface area (Å²) in [7, 11) is -3.69. The maximum Gasteiger partial charge on any atom is 0.283 e. The fourth-order valence-corrected chi connectivity index (χ4v) is 4.18. The Kier molecular flexibility index (Phi) is 5.67. The summed E-state index contributed by atoms with van der Waals surface area (Å²) in [6, 6.07) is 10.00. The minimum Gasteiger partial charge on any atom is -0.382 e. The highest BCUT2D eigenvalue weighted by molar-refractivity contribution is 7.89. The number of nitrogens with zero attached hydrogens (tertiary/aromatic N) is 2. The summed E-state index contributed by atoms with van der Waals surface area (Å²) in [6.45, 7) is 1.94. The van der Waals surface area contributed by atoms with Gasteiger partial charge in [0.05, 0.1) is 10.6 Å². The molecule has 2 aromatic rings. The molecule has 3 N–H and O–H groups in total. The molecule has 8 heteroatoms. The second kappa shape index (κ2) is 7.33. The molecule has 0 aliphatic carbocycles. The van der Waals surface area contributed by atoms with E-state index in [1.807, 2.05) is 0 Å². The molecule has 1 aromatic heterocycles. The van der Waals surface area contributed by atoms with Gasteiger partial charge in [-0.1, -0.05) is 18.2 Å². The normalized spacial score (nSPS) is 16.0. The molecule has 23 heavy (non-hydrogen) atoms. The molecular weight excluding hydrogens is 336 g/mol. The topological polar surface area (TPSA) is 90.0 Å². The molecule has 1 aromatic carbocycles. The Morgan fingerprint density at radius 3 is 2.52 bits per heavy atom. The molecule has 0 spiro atoms. The average molecular weight is 357 g/mol. The minimum absolute atomic E-state index is 0. The lowest BCUT2D eigenvalue weighted by Gasteiger charge is -2.22. The lowest BCUT2D eigenvalue weighted by Crippen LogP contribution is -2.29. The molecule has 3 rings (SSSR count). The van der Waals surface area contributed by atoms with Crippen molar-refractivity contribution in [3.63, 3.8) is 0 Å². The van der Waals surface area contributed by atoms with Crippen molar-refractivity contribution >= 4 is 28.2 Å². The molecule has 1 fully saturated rings. The summed E-state index contributed by atoms with van der Waals surface area (Å²) in [5.41, 5.74) is 6.41. The molecule has 0 radical (unpaired) electrons. The van der Waals surface area contributed by atoms with Crippen LogP contribution < -0.4 is 11.1 Å². The molecule has 0 atom stereocenters. The van der Waals surface area contributed by atoms with E-state index in [2.05, 4.69) is 10.4 Å². The van der Waals surface area contributed by atoms with E-state index in [4.69, 9.17) is 5.73 Å². The van der Waals surface area contributed by atoms with Gasteiger partial charge in [-0.25, -0.2) is 0 Å². The van der Waals surface area contributed by atoms with E-state index in [-0.39, 0.29) is 23.1 Å². The Hall–Kier alpha value is -1.57. The fraction of sp³-hybridized carbons (Fsp3) is 0.400. The second-order valence-electron chi connectivity index (χ2n) is 5.62. The SMILES string of the molecule is Cl.Nc1cc(CC2CCNCC2)n(S(=O)(=O)c2ccccc2)n1. The number of anilines is 1. The number of halogens is 1. The molecule has 0 saturated carbocycles. The Morgan fingerprint density at radius 2 is 1.87 bits per heavy atom. The first kappa shape index (κ1) is 17.8. The summed E-state index contributed by atoms with van der Waals surface area (Å²) in [4.78, 5) is 0.227. The van der Waals surface area contributed by atoms with Gasteiger partial charge in [-0.15, -0.1) is 17.5 Å². The largest absolute Gasteiger partial charge is 0.382 e. The molecule has 6 nitrogen and oxygen atoms in total. The van der Waals surface area contributed by atoms with Crippen molar-refractivity contribution in [2.24, 2.45) is 5.92 Å². The third-order valence-corrected chi connectivity index (χ3v) is 5.63. The molecule has 0 bridgehead atoms. The van der Waals surface area contributed by atoms with Gasteiger partial charge < -0.3 is 11.1 Å². The maximum atomic E-state index is 12.7. The first-order valence-electron chi connectivity index (χ1n) is 7.43. The van der Waals surface area contributed by atoms with Crippen LogP contribution in [0.2, 0.25) is 0 Å². The van der Waals surface area contributed by atoms with Crippen LogP contribution in [0.25, 0.3) is 0 Å². The number of benzene rings is 1. The molecule has 1 aliphatic rings. The van der Waals surface area contributed by atoms with Crippen molar-refractivity contribution in [1.82, 2.24) is 14.5 Å². The lowest BCUT2D eigenvalue weighted by molar-refractivity contribution is 0.368. The van der Waals surface area contributed by atoms with Gasteiger partial charge in [0.25, 0.3) is 10.0 Å². The van der Waals surface area contributed by atoms with E-state index in [9.17, 15) is 8.42 Å². The quantitative estimate of drug-likeness (QED) is 0.869. The highest BCUT2D eigenvalue weighted by Crippen LogP contribution is 2.22. The van der Waals surface area contributed by atoms with Crippen LogP contribution in [-0.4, -0.2) is 30.7 Å². The van der Waals surface area contributed by atoms with Crippen LogP contribution in [0.15, 0.2) is 41.3 Å². The van der Waals surface area contributed by atoms with Gasteiger partial charge in [0.15, 0.2) is 0 Å². The van der Waals surface area contributed by atoms with Gasteiger partial charge in [-0.05, 0) is 50.4 Å². The van der Waals surface area contributed by atoms with Crippen molar-refractivity contribution < 1.29 is 8.42 Å². The summed E-state index contributed by atoms with van der Waals surface area (Å²) in [5.74, 6) is 0.700. The van der Waals surface area contributed by atoms with E-state index in [1.165, 1.54) is 0 Å². The summed E-state index contributed by atoms with van der Waals surface area (Å²) < 4.78 is 26.6. The minimum atomic E-state index is -3.69. The van der Waals surface area contributed by atoms with Crippen LogP contribution in [-0.2, 0) is 16.4 Å². The predicted octanol–water partition coefficient (Wildman–Crippen LogP) is 1.67. The maximum absolute atomic E-state index is 12.7. The summed E-state index contributed by atoms with van der Waals surface area (Å²) >= 11 is 0. The highest BCUT2D eigenvalue weighted by atomic mass is 35.5. The number of nitrogens with one attached hydrogen (secondary N) is 1. The van der Waals surface area contributed by atoms with Crippen LogP contribution >= 0.6 is 12.4 Å². The lowest BCUT2D eigenvalue weighted by atomic mass is 9.93. The highest BCUT2D eigenvalue weighted by Gasteiger charge is 2.24. The number of aromatic nitrogens is 2. The number of rotatable bonds is 4. The van der Waals surface area contributed by atoms with Gasteiger partial charge >= 0.3 is 0 Å². The summed E-state index contributed by atoms with van der Waals surface area (Å²) in [5, 5.41) is 7.33. The van der Waals surface area contributed by atoms with Crippen LogP contribution in [0.4, 0.5) is 5.82 Å². The third-order valence-electron chi connectivity index (χ3n) is 3.99. The standard InChI is InChI=1S/C15H20N4O2S.ClH/c16-15-11-13(10-12-6-8-17-9-7-12)19(18-15)22(20,21)14-4-2-1-3-5-14;/h1-5,11-12,17H,6-10H2,(H2,16,18);1H. The molecule has 1 saturated heterocycles. The van der Waals surface area contributed by atoms with Gasteiger partial charge in [0.2, 0.25) is 0 Å². The van der Waals surface area contributed by atoms with Crippen LogP contribution in [0.3, 0.4) is 0 Å². The van der Waals surface area contributed by atoms with Gasteiger partial charge in [0.1, 0.15) is 5.82 Å². The number of hydrogen-bond acceptors (Lipinski definition) is 5. The molecule has 0 amide bonds. The zero-order valence-corrected chi connectivity index (χ0v) is 14.3. The predicted molar refractivity (Wildman–Crippen MR) is 92.2 cm³/mol. The summed E-state index contributed by atoms with van der Waals surface area (Å²) in [6.07, 6.45) is 2.75. The van der Waals surface area contributed by atoms with E-state index in [1.54, 1.807) is 36.4 Å². The fourth-order valence-electron chi connectivity index (χ4n) is 2.84. The zero-order valence-electron chi connectivity index (χ0n) is 12.7. The first-order chi connectivity index (χ1) is 10.6. The number of nitrogen functional groups attached to an aromatic ring is 1. The van der Waals surface area contributed by atoms with Crippen molar-refractivity contribution in [3.05, 3.63) is 42.1 Å². The Morgan fingerprint density at radius 1 is 1.22 bits per heavy atom. The Bertz CT molecular complexity index is 740. The number of hydrogen-bond donors (Lipinski definition) is 2. The Labute approximate surface area is 142 Å². The van der Waals surface area contributed by atoms with E-state index < -0.39 is 10.0 Å². The Balaban J connectivity index is 0.00000192. The van der Waals surface area contributed by atoms with E-state index >= 15 is 0 Å². The van der Waals surface area contributed by atoms with Crippen LogP contribution in [0, 0.1) is 5.92 Å². The van der Waals surface area contributed by atoms with Crippen molar-refractivity contribution in [1.29, 1.82) is 0 Å². The van der Waals surface area contributed by atoms with Gasteiger partial charge in [-0.3, -0.25) is 0 Å². The average Bonchev–Trinajstić information content (AvgIpc) is 2.90. The molecule has 0 unspecified atom stereocenters. The third kappa shape index (κ3) is 3.85. The number of nitrogens with two attached hydrogens (primary N) is 1. The number of piperidine rings is 1. The first-order valence-corrected chi connectivity index (χ1v) is 8.87. The molecule has 1 aliphatic heterocycles.